The quantitative estimate of drug-likeness (QED) is 0.877. The van der Waals surface area contributed by atoms with Crippen LogP contribution in [-0.2, 0) is 4.74 Å². The highest BCUT2D eigenvalue weighted by molar-refractivity contribution is 5.96. The number of ether oxygens (including phenoxy) is 1. The van der Waals surface area contributed by atoms with Crippen molar-refractivity contribution < 1.29 is 23.8 Å². The van der Waals surface area contributed by atoms with Crippen molar-refractivity contribution in [2.75, 3.05) is 6.54 Å². The van der Waals surface area contributed by atoms with Gasteiger partial charge < -0.3 is 19.7 Å². The maximum absolute atomic E-state index is 14.4. The molecule has 1 aromatic carbocycles. The highest BCUT2D eigenvalue weighted by Gasteiger charge is 2.23. The molecule has 2 aromatic rings. The van der Waals surface area contributed by atoms with E-state index >= 15 is 0 Å². The molecule has 0 saturated heterocycles. The molecule has 6 nitrogen and oxygen atoms in total. The van der Waals surface area contributed by atoms with Crippen LogP contribution >= 0.6 is 0 Å². The molecule has 25 heavy (non-hydrogen) atoms. The summed E-state index contributed by atoms with van der Waals surface area (Å²) in [7, 11) is 0. The Labute approximate surface area is 145 Å². The van der Waals surface area contributed by atoms with Crippen molar-refractivity contribution in [2.45, 2.75) is 46.3 Å². The van der Waals surface area contributed by atoms with Crippen LogP contribution in [-0.4, -0.2) is 33.9 Å². The van der Waals surface area contributed by atoms with E-state index in [-0.39, 0.29) is 17.8 Å². The molecule has 1 heterocycles. The van der Waals surface area contributed by atoms with E-state index in [9.17, 15) is 19.1 Å². The normalized spacial score (nSPS) is 12.9. The number of carbonyl (C=O) groups excluding carboxylic acids is 1. The van der Waals surface area contributed by atoms with Crippen LogP contribution in [0.3, 0.4) is 0 Å². The Kier molecular flexibility index (Phi) is 5.06. The van der Waals surface area contributed by atoms with Gasteiger partial charge in [-0.05, 0) is 52.3 Å². The molecule has 0 aliphatic heterocycles. The molecule has 7 heteroatoms. The predicted octanol–water partition coefficient (Wildman–Crippen LogP) is 3.87. The van der Waals surface area contributed by atoms with Gasteiger partial charge in [-0.1, -0.05) is 6.07 Å². The van der Waals surface area contributed by atoms with Crippen LogP contribution < -0.4 is 5.32 Å². The highest BCUT2D eigenvalue weighted by Crippen LogP contribution is 2.29. The van der Waals surface area contributed by atoms with Crippen molar-refractivity contribution in [1.82, 2.24) is 9.88 Å². The Balaban J connectivity index is 2.35. The molecule has 0 bridgehead atoms. The van der Waals surface area contributed by atoms with Gasteiger partial charge in [0, 0.05) is 18.0 Å². The summed E-state index contributed by atoms with van der Waals surface area (Å²) in [5.41, 5.74) is 0.339. The van der Waals surface area contributed by atoms with Gasteiger partial charge in [0.2, 0.25) is 0 Å². The van der Waals surface area contributed by atoms with Crippen molar-refractivity contribution in [1.29, 1.82) is 0 Å². The third kappa shape index (κ3) is 4.10. The number of hydrogen-bond donors (Lipinski definition) is 2. The molecule has 0 saturated carbocycles. The first-order valence-electron chi connectivity index (χ1n) is 8.01. The molecule has 1 atom stereocenters. The lowest BCUT2D eigenvalue weighted by Crippen LogP contribution is -2.35. The summed E-state index contributed by atoms with van der Waals surface area (Å²) in [6.45, 7) is 8.85. The highest BCUT2D eigenvalue weighted by atomic mass is 19.1. The van der Waals surface area contributed by atoms with Crippen molar-refractivity contribution in [3.63, 3.8) is 0 Å². The van der Waals surface area contributed by atoms with Gasteiger partial charge in [-0.15, -0.1) is 0 Å². The number of halogens is 1. The molecule has 2 N–H and O–H groups in total. The zero-order valence-corrected chi connectivity index (χ0v) is 15.0. The molecule has 1 aromatic heterocycles. The predicted molar refractivity (Wildman–Crippen MR) is 92.5 cm³/mol. The Morgan fingerprint density at radius 2 is 2.00 bits per heavy atom. The molecule has 2 rings (SSSR count). The number of carbonyl (C=O) groups is 2. The average Bonchev–Trinajstić information content (AvgIpc) is 2.89. The second kappa shape index (κ2) is 6.74. The Bertz CT molecular complexity index is 821. The van der Waals surface area contributed by atoms with Crippen molar-refractivity contribution in [3.05, 3.63) is 35.3 Å². The van der Waals surface area contributed by atoms with E-state index in [1.807, 2.05) is 0 Å². The second-order valence-corrected chi connectivity index (χ2v) is 7.06. The van der Waals surface area contributed by atoms with Crippen LogP contribution in [0.25, 0.3) is 10.9 Å². The van der Waals surface area contributed by atoms with Crippen molar-refractivity contribution in [2.24, 2.45) is 0 Å². The van der Waals surface area contributed by atoms with Crippen LogP contribution in [0.1, 0.15) is 49.8 Å². The Morgan fingerprint density at radius 3 is 2.56 bits per heavy atom. The minimum absolute atomic E-state index is 0.0262. The molecule has 0 fully saturated rings. The summed E-state index contributed by atoms with van der Waals surface area (Å²) in [4.78, 5) is 23.4. The fraction of sp³-hybridized carbons (Fsp3) is 0.444. The smallest absolute Gasteiger partial charge is 0.407 e. The van der Waals surface area contributed by atoms with E-state index < -0.39 is 29.5 Å². The third-order valence-corrected chi connectivity index (χ3v) is 3.77. The van der Waals surface area contributed by atoms with Crippen LogP contribution in [0.4, 0.5) is 9.18 Å². The first kappa shape index (κ1) is 18.8. The van der Waals surface area contributed by atoms with Gasteiger partial charge >= 0.3 is 12.1 Å². The number of hydrogen-bond acceptors (Lipinski definition) is 3. The van der Waals surface area contributed by atoms with Crippen molar-refractivity contribution in [3.8, 4) is 0 Å². The standard InChI is InChI=1S/C18H23FN2O4/c1-10-6-7-13(19)15-12(10)8-14(16(22)23)21(15)11(2)9-20-17(24)25-18(3,4)5/h6-8,11H,9H2,1-5H3,(H,20,24)(H,22,23). The van der Waals surface area contributed by atoms with E-state index in [2.05, 4.69) is 5.32 Å². The number of nitrogens with one attached hydrogen (secondary N) is 1. The molecule has 1 amide bonds. The number of benzene rings is 1. The first-order valence-corrected chi connectivity index (χ1v) is 8.01. The van der Waals surface area contributed by atoms with Gasteiger partial charge in [0.05, 0.1) is 5.52 Å². The summed E-state index contributed by atoms with van der Waals surface area (Å²) in [5.74, 6) is -1.66. The molecule has 0 aliphatic rings. The van der Waals surface area contributed by atoms with Gasteiger partial charge in [-0.3, -0.25) is 0 Å². The largest absolute Gasteiger partial charge is 0.477 e. The number of carboxylic acids is 1. The summed E-state index contributed by atoms with van der Waals surface area (Å²) in [5, 5.41) is 12.6. The summed E-state index contributed by atoms with van der Waals surface area (Å²) >= 11 is 0. The van der Waals surface area contributed by atoms with Gasteiger partial charge in [0.1, 0.15) is 17.1 Å². The molecule has 136 valence electrons. The van der Waals surface area contributed by atoms with Gasteiger partial charge in [0.25, 0.3) is 0 Å². The summed E-state index contributed by atoms with van der Waals surface area (Å²) in [6, 6.07) is 3.90. The van der Waals surface area contributed by atoms with E-state index in [0.29, 0.717) is 5.39 Å². The topological polar surface area (TPSA) is 80.6 Å². The minimum Gasteiger partial charge on any atom is -0.477 e. The number of amides is 1. The monoisotopic (exact) mass is 350 g/mol. The van der Waals surface area contributed by atoms with Gasteiger partial charge in [-0.2, -0.15) is 0 Å². The van der Waals surface area contributed by atoms with Gasteiger partial charge in [0.15, 0.2) is 0 Å². The molecular weight excluding hydrogens is 327 g/mol. The fourth-order valence-electron chi connectivity index (χ4n) is 2.70. The minimum atomic E-state index is -1.15. The number of nitrogens with zero attached hydrogens (tertiary/aromatic N) is 1. The lowest BCUT2D eigenvalue weighted by Gasteiger charge is -2.22. The van der Waals surface area contributed by atoms with E-state index in [1.165, 1.54) is 16.7 Å². The van der Waals surface area contributed by atoms with E-state index in [1.54, 1.807) is 40.7 Å². The second-order valence-electron chi connectivity index (χ2n) is 7.06. The zero-order chi connectivity index (χ0) is 18.9. The average molecular weight is 350 g/mol. The summed E-state index contributed by atoms with van der Waals surface area (Å²) in [6.07, 6.45) is -0.607. The lowest BCUT2D eigenvalue weighted by molar-refractivity contribution is 0.0521. The number of aryl methyl sites for hydroxylation is 1. The third-order valence-electron chi connectivity index (χ3n) is 3.77. The number of fused-ring (bicyclic) bond motifs is 1. The number of carboxylic acid groups (broad SMARTS) is 1. The zero-order valence-electron chi connectivity index (χ0n) is 15.0. The molecule has 0 spiro atoms. The van der Waals surface area contributed by atoms with E-state index in [4.69, 9.17) is 4.74 Å². The fourth-order valence-corrected chi connectivity index (χ4v) is 2.70. The number of aromatic nitrogens is 1. The first-order chi connectivity index (χ1) is 11.5. The lowest BCUT2D eigenvalue weighted by atomic mass is 10.1. The Morgan fingerprint density at radius 1 is 1.36 bits per heavy atom. The van der Waals surface area contributed by atoms with Crippen LogP contribution in [0.5, 0.6) is 0 Å². The summed E-state index contributed by atoms with van der Waals surface area (Å²) < 4.78 is 20.9. The maximum Gasteiger partial charge on any atom is 0.407 e. The van der Waals surface area contributed by atoms with Crippen LogP contribution in [0.15, 0.2) is 18.2 Å². The molecule has 0 aliphatic carbocycles. The Hall–Kier alpha value is -2.57. The maximum atomic E-state index is 14.4. The molecule has 0 radical (unpaired) electrons. The SMILES string of the molecule is Cc1ccc(F)c2c1cc(C(=O)O)n2C(C)CNC(=O)OC(C)(C)C. The van der Waals surface area contributed by atoms with E-state index in [0.717, 1.165) is 5.56 Å². The molecular formula is C18H23FN2O4. The number of alkyl carbamates (subject to hydrolysis) is 1. The molecule has 1 unspecified atom stereocenters. The van der Waals surface area contributed by atoms with Crippen LogP contribution in [0, 0.1) is 12.7 Å². The van der Waals surface area contributed by atoms with Crippen LogP contribution in [0.2, 0.25) is 0 Å². The number of aromatic carboxylic acids is 1. The van der Waals surface area contributed by atoms with Gasteiger partial charge in [-0.25, -0.2) is 14.0 Å². The number of rotatable bonds is 4. The van der Waals surface area contributed by atoms with Crippen molar-refractivity contribution >= 4 is 23.0 Å².